The number of likely N-dealkylation sites (tertiary alicyclic amines) is 1. The zero-order chi connectivity index (χ0) is 12.9. The third kappa shape index (κ3) is 4.63. The van der Waals surface area contributed by atoms with Gasteiger partial charge in [-0.1, -0.05) is 6.92 Å². The topological polar surface area (TPSA) is 63.7 Å². The molecule has 17 heavy (non-hydrogen) atoms. The summed E-state index contributed by atoms with van der Waals surface area (Å²) < 4.78 is 27.5. The molecule has 0 bridgehead atoms. The first-order valence-electron chi connectivity index (χ1n) is 5.99. The second-order valence-electron chi connectivity index (χ2n) is 4.40. The highest BCUT2D eigenvalue weighted by Crippen LogP contribution is 2.17. The molecule has 1 fully saturated rings. The fourth-order valence-electron chi connectivity index (χ4n) is 2.03. The van der Waals surface area contributed by atoms with Gasteiger partial charge < -0.3 is 9.64 Å². The van der Waals surface area contributed by atoms with Crippen LogP contribution in [0.15, 0.2) is 0 Å². The Kier molecular flexibility index (Phi) is 5.39. The Bertz CT molecular complexity index is 352. The lowest BCUT2D eigenvalue weighted by atomic mass is 9.98. The predicted octanol–water partition coefficient (Wildman–Crippen LogP) is 0.306. The molecule has 0 spiro atoms. The number of nitrogens with zero attached hydrogens (tertiary/aromatic N) is 1. The van der Waals surface area contributed by atoms with Crippen LogP contribution in [-0.4, -0.2) is 57.5 Å². The Labute approximate surface area is 103 Å². The van der Waals surface area contributed by atoms with E-state index in [2.05, 4.69) is 0 Å². The lowest BCUT2D eigenvalue weighted by Gasteiger charge is -2.30. The molecule has 0 N–H and O–H groups in total. The minimum Gasteiger partial charge on any atom is -0.469 e. The first kappa shape index (κ1) is 14.4. The van der Waals surface area contributed by atoms with Gasteiger partial charge in [-0.05, 0) is 19.4 Å². The first-order valence-corrected chi connectivity index (χ1v) is 7.81. The molecule has 1 atom stereocenters. The number of rotatable bonds is 5. The van der Waals surface area contributed by atoms with Crippen molar-refractivity contribution >= 4 is 15.8 Å². The van der Waals surface area contributed by atoms with Crippen molar-refractivity contribution in [3.05, 3.63) is 0 Å². The molecule has 0 amide bonds. The Hall–Kier alpha value is -0.620. The van der Waals surface area contributed by atoms with E-state index in [0.717, 1.165) is 19.4 Å². The molecule has 1 aliphatic heterocycles. The van der Waals surface area contributed by atoms with Gasteiger partial charge in [0.1, 0.15) is 0 Å². The highest BCUT2D eigenvalue weighted by molar-refractivity contribution is 7.91. The number of piperidine rings is 1. The quantitative estimate of drug-likeness (QED) is 0.668. The van der Waals surface area contributed by atoms with Gasteiger partial charge in [0.2, 0.25) is 0 Å². The summed E-state index contributed by atoms with van der Waals surface area (Å²) in [4.78, 5) is 13.4. The molecule has 0 radical (unpaired) electrons. The summed E-state index contributed by atoms with van der Waals surface area (Å²) in [5, 5.41) is 0. The first-order chi connectivity index (χ1) is 7.98. The molecule has 5 nitrogen and oxygen atoms in total. The number of carbonyl (C=O) groups excluding carboxylic acids is 1. The second-order valence-corrected chi connectivity index (χ2v) is 6.87. The summed E-state index contributed by atoms with van der Waals surface area (Å²) in [6, 6.07) is 0. The summed E-state index contributed by atoms with van der Waals surface area (Å²) in [6.07, 6.45) is 1.76. The number of hydrogen-bond donors (Lipinski definition) is 0. The van der Waals surface area contributed by atoms with E-state index in [-0.39, 0.29) is 23.4 Å². The number of sulfone groups is 1. The third-order valence-corrected chi connectivity index (χ3v) is 4.88. The molecule has 6 heteroatoms. The number of esters is 1. The molecule has 1 heterocycles. The van der Waals surface area contributed by atoms with E-state index in [1.54, 1.807) is 6.92 Å². The van der Waals surface area contributed by atoms with E-state index in [1.165, 1.54) is 7.11 Å². The largest absolute Gasteiger partial charge is 0.469 e. The van der Waals surface area contributed by atoms with E-state index in [1.807, 2.05) is 4.90 Å². The Morgan fingerprint density at radius 1 is 1.47 bits per heavy atom. The van der Waals surface area contributed by atoms with Crippen LogP contribution >= 0.6 is 0 Å². The molecule has 0 aromatic rings. The fourth-order valence-corrected chi connectivity index (χ4v) is 2.86. The maximum atomic E-state index is 11.4. The van der Waals surface area contributed by atoms with Crippen LogP contribution in [0.5, 0.6) is 0 Å². The average molecular weight is 263 g/mol. The third-order valence-electron chi connectivity index (χ3n) is 3.20. The molecule has 100 valence electrons. The van der Waals surface area contributed by atoms with E-state index in [0.29, 0.717) is 13.1 Å². The van der Waals surface area contributed by atoms with Crippen molar-refractivity contribution in [3.63, 3.8) is 0 Å². The van der Waals surface area contributed by atoms with Gasteiger partial charge in [0.05, 0.1) is 18.8 Å². The molecule has 1 saturated heterocycles. The van der Waals surface area contributed by atoms with Gasteiger partial charge in [0.15, 0.2) is 9.84 Å². The zero-order valence-corrected chi connectivity index (χ0v) is 11.3. The molecule has 1 unspecified atom stereocenters. The van der Waals surface area contributed by atoms with Crippen molar-refractivity contribution in [2.75, 3.05) is 38.2 Å². The number of ether oxygens (including phenoxy) is 1. The lowest BCUT2D eigenvalue weighted by molar-refractivity contribution is -0.147. The Balaban J connectivity index is 2.42. The molecule has 0 saturated carbocycles. The van der Waals surface area contributed by atoms with Crippen LogP contribution < -0.4 is 0 Å². The van der Waals surface area contributed by atoms with Crippen molar-refractivity contribution in [1.29, 1.82) is 0 Å². The van der Waals surface area contributed by atoms with Gasteiger partial charge in [0, 0.05) is 18.8 Å². The van der Waals surface area contributed by atoms with Crippen molar-refractivity contribution in [2.45, 2.75) is 19.8 Å². The van der Waals surface area contributed by atoms with Crippen molar-refractivity contribution < 1.29 is 17.9 Å². The number of methoxy groups -OCH3 is 1. The van der Waals surface area contributed by atoms with Gasteiger partial charge in [-0.15, -0.1) is 0 Å². The normalized spacial score (nSPS) is 22.4. The molecule has 1 aliphatic rings. The monoisotopic (exact) mass is 263 g/mol. The molecule has 0 aromatic carbocycles. The van der Waals surface area contributed by atoms with Crippen LogP contribution in [-0.2, 0) is 19.4 Å². The smallest absolute Gasteiger partial charge is 0.309 e. The zero-order valence-electron chi connectivity index (χ0n) is 10.5. The van der Waals surface area contributed by atoms with E-state index in [9.17, 15) is 13.2 Å². The van der Waals surface area contributed by atoms with E-state index >= 15 is 0 Å². The number of hydrogen-bond acceptors (Lipinski definition) is 5. The molecule has 0 aromatic heterocycles. The predicted molar refractivity (Wildman–Crippen MR) is 65.5 cm³/mol. The SMILES string of the molecule is CCS(=O)(=O)CCN1CCCC(C(=O)OC)C1. The standard InChI is InChI=1S/C11H21NO4S/c1-3-17(14,15)8-7-12-6-4-5-10(9-12)11(13)16-2/h10H,3-9H2,1-2H3. The second kappa shape index (κ2) is 6.35. The maximum Gasteiger partial charge on any atom is 0.309 e. The minimum atomic E-state index is -2.92. The van der Waals surface area contributed by atoms with Crippen LogP contribution in [0.3, 0.4) is 0 Å². The van der Waals surface area contributed by atoms with Crippen molar-refractivity contribution in [3.8, 4) is 0 Å². The summed E-state index contributed by atoms with van der Waals surface area (Å²) in [5.74, 6) is 0.0738. The molecular weight excluding hydrogens is 242 g/mol. The van der Waals surface area contributed by atoms with Crippen LogP contribution in [0.2, 0.25) is 0 Å². The molecule has 1 rings (SSSR count). The summed E-state index contributed by atoms with van der Waals surface area (Å²) >= 11 is 0. The number of carbonyl (C=O) groups is 1. The lowest BCUT2D eigenvalue weighted by Crippen LogP contribution is -2.41. The van der Waals surface area contributed by atoms with Crippen LogP contribution in [0.25, 0.3) is 0 Å². The fraction of sp³-hybridized carbons (Fsp3) is 0.909. The van der Waals surface area contributed by atoms with Crippen molar-refractivity contribution in [2.24, 2.45) is 5.92 Å². The van der Waals surface area contributed by atoms with Gasteiger partial charge in [0.25, 0.3) is 0 Å². The van der Waals surface area contributed by atoms with Gasteiger partial charge in [-0.25, -0.2) is 8.42 Å². The van der Waals surface area contributed by atoms with Crippen molar-refractivity contribution in [1.82, 2.24) is 4.90 Å². The maximum absolute atomic E-state index is 11.4. The summed E-state index contributed by atoms with van der Waals surface area (Å²) in [5.41, 5.74) is 0. The van der Waals surface area contributed by atoms with E-state index in [4.69, 9.17) is 4.74 Å². The molecule has 0 aliphatic carbocycles. The Morgan fingerprint density at radius 2 is 2.18 bits per heavy atom. The van der Waals surface area contributed by atoms with Crippen LogP contribution in [0.4, 0.5) is 0 Å². The van der Waals surface area contributed by atoms with E-state index < -0.39 is 9.84 Å². The Morgan fingerprint density at radius 3 is 2.76 bits per heavy atom. The highest BCUT2D eigenvalue weighted by atomic mass is 32.2. The van der Waals surface area contributed by atoms with Gasteiger partial charge in [-0.3, -0.25) is 4.79 Å². The average Bonchev–Trinajstić information content (AvgIpc) is 2.36. The van der Waals surface area contributed by atoms with Crippen LogP contribution in [0, 0.1) is 5.92 Å². The van der Waals surface area contributed by atoms with Gasteiger partial charge >= 0.3 is 5.97 Å². The summed E-state index contributed by atoms with van der Waals surface area (Å²) in [6.45, 7) is 3.66. The summed E-state index contributed by atoms with van der Waals surface area (Å²) in [7, 11) is -1.53. The minimum absolute atomic E-state index is 0.0990. The molecular formula is C11H21NO4S. The van der Waals surface area contributed by atoms with Crippen LogP contribution in [0.1, 0.15) is 19.8 Å². The highest BCUT2D eigenvalue weighted by Gasteiger charge is 2.26. The van der Waals surface area contributed by atoms with Gasteiger partial charge in [-0.2, -0.15) is 0 Å².